The molecule has 76 valence electrons. The van der Waals surface area contributed by atoms with Gasteiger partial charge in [0.25, 0.3) is 0 Å². The zero-order chi connectivity index (χ0) is 9.84. The molecule has 0 spiro atoms. The summed E-state index contributed by atoms with van der Waals surface area (Å²) in [7, 11) is 3.26. The van der Waals surface area contributed by atoms with Gasteiger partial charge in [-0.3, -0.25) is 4.79 Å². The fourth-order valence-corrected chi connectivity index (χ4v) is 3.22. The minimum Gasteiger partial charge on any atom is -0.458 e. The van der Waals surface area contributed by atoms with Crippen molar-refractivity contribution in [2.75, 3.05) is 11.5 Å². The first-order valence-corrected chi connectivity index (χ1v) is 6.73. The molecule has 1 aliphatic rings. The molecule has 0 amide bonds. The van der Waals surface area contributed by atoms with Crippen molar-refractivity contribution in [3.8, 4) is 0 Å². The third-order valence-electron chi connectivity index (χ3n) is 1.72. The number of carbonyl (C=O) groups excluding carboxylic acids is 1. The highest BCUT2D eigenvalue weighted by Gasteiger charge is 2.28. The molecule has 1 heterocycles. The summed E-state index contributed by atoms with van der Waals surface area (Å²) >= 11 is 0. The Bertz CT molecular complexity index is 184. The Kier molecular flexibility index (Phi) is 4.41. The highest BCUT2D eigenvalue weighted by atomic mass is 33.1. The van der Waals surface area contributed by atoms with Crippen LogP contribution in [0.15, 0.2) is 0 Å². The first-order valence-electron chi connectivity index (χ1n) is 4.24. The SMILES string of the molecule is CC(C)C(=O)O[C@H]1CSSC[C@@H]1O. The molecular weight excluding hydrogens is 208 g/mol. The van der Waals surface area contributed by atoms with E-state index < -0.39 is 6.10 Å². The van der Waals surface area contributed by atoms with Crippen molar-refractivity contribution >= 4 is 27.6 Å². The van der Waals surface area contributed by atoms with Gasteiger partial charge in [0.2, 0.25) is 0 Å². The van der Waals surface area contributed by atoms with Crippen LogP contribution in [0.1, 0.15) is 13.8 Å². The van der Waals surface area contributed by atoms with Gasteiger partial charge >= 0.3 is 5.97 Å². The maximum absolute atomic E-state index is 11.2. The molecule has 0 aliphatic carbocycles. The van der Waals surface area contributed by atoms with Crippen LogP contribution in [0.4, 0.5) is 0 Å². The second kappa shape index (κ2) is 5.12. The summed E-state index contributed by atoms with van der Waals surface area (Å²) in [4.78, 5) is 11.2. The number of esters is 1. The monoisotopic (exact) mass is 222 g/mol. The number of rotatable bonds is 2. The number of aliphatic hydroxyl groups is 1. The largest absolute Gasteiger partial charge is 0.458 e. The highest BCUT2D eigenvalue weighted by Crippen LogP contribution is 2.31. The third-order valence-corrected chi connectivity index (χ3v) is 4.15. The Morgan fingerprint density at radius 3 is 2.62 bits per heavy atom. The molecule has 1 aliphatic heterocycles. The van der Waals surface area contributed by atoms with Gasteiger partial charge in [0, 0.05) is 11.5 Å². The fraction of sp³-hybridized carbons (Fsp3) is 0.875. The Morgan fingerprint density at radius 2 is 2.08 bits per heavy atom. The molecule has 0 aromatic rings. The van der Waals surface area contributed by atoms with Crippen molar-refractivity contribution in [3.05, 3.63) is 0 Å². The molecular formula is C8H14O3S2. The predicted molar refractivity (Wildman–Crippen MR) is 55.6 cm³/mol. The van der Waals surface area contributed by atoms with Gasteiger partial charge in [0.1, 0.15) is 12.2 Å². The molecule has 0 radical (unpaired) electrons. The second-order valence-electron chi connectivity index (χ2n) is 3.27. The first kappa shape index (κ1) is 11.2. The van der Waals surface area contributed by atoms with Gasteiger partial charge in [-0.25, -0.2) is 0 Å². The van der Waals surface area contributed by atoms with Gasteiger partial charge in [-0.15, -0.1) is 0 Å². The Balaban J connectivity index is 2.38. The van der Waals surface area contributed by atoms with Crippen molar-refractivity contribution in [2.24, 2.45) is 5.92 Å². The van der Waals surface area contributed by atoms with E-state index in [1.165, 1.54) is 0 Å². The van der Waals surface area contributed by atoms with Crippen molar-refractivity contribution in [1.29, 1.82) is 0 Å². The van der Waals surface area contributed by atoms with Crippen LogP contribution in [0.5, 0.6) is 0 Å². The zero-order valence-corrected chi connectivity index (χ0v) is 9.36. The lowest BCUT2D eigenvalue weighted by Crippen LogP contribution is -2.38. The summed E-state index contributed by atoms with van der Waals surface area (Å²) in [5.41, 5.74) is 0. The van der Waals surface area contributed by atoms with Crippen molar-refractivity contribution in [3.63, 3.8) is 0 Å². The summed E-state index contributed by atoms with van der Waals surface area (Å²) in [5, 5.41) is 9.49. The Labute approximate surface area is 86.0 Å². The van der Waals surface area contributed by atoms with Gasteiger partial charge in [-0.05, 0) is 0 Å². The van der Waals surface area contributed by atoms with Crippen LogP contribution in [0, 0.1) is 5.92 Å². The van der Waals surface area contributed by atoms with Crippen LogP contribution < -0.4 is 0 Å². The Hall–Kier alpha value is 0.130. The summed E-state index contributed by atoms with van der Waals surface area (Å²) in [6, 6.07) is 0. The third kappa shape index (κ3) is 3.40. The molecule has 0 aromatic carbocycles. The lowest BCUT2D eigenvalue weighted by Gasteiger charge is -2.26. The number of hydrogen-bond acceptors (Lipinski definition) is 5. The molecule has 0 unspecified atom stereocenters. The van der Waals surface area contributed by atoms with Crippen LogP contribution in [0.25, 0.3) is 0 Å². The number of ether oxygens (including phenoxy) is 1. The first-order chi connectivity index (χ1) is 6.11. The average Bonchev–Trinajstić information content (AvgIpc) is 2.08. The molecule has 5 heteroatoms. The number of carbonyl (C=O) groups is 1. The summed E-state index contributed by atoms with van der Waals surface area (Å²) in [6.07, 6.45) is -0.824. The molecule has 0 bridgehead atoms. The molecule has 1 rings (SSSR count). The number of aliphatic hydroxyl groups excluding tert-OH is 1. The maximum Gasteiger partial charge on any atom is 0.308 e. The topological polar surface area (TPSA) is 46.5 Å². The number of hydrogen-bond donors (Lipinski definition) is 1. The minimum atomic E-state index is -0.506. The van der Waals surface area contributed by atoms with Gasteiger partial charge in [0.05, 0.1) is 5.92 Å². The van der Waals surface area contributed by atoms with Crippen molar-refractivity contribution in [1.82, 2.24) is 0 Å². The molecule has 13 heavy (non-hydrogen) atoms. The lowest BCUT2D eigenvalue weighted by molar-refractivity contribution is -0.156. The molecule has 1 N–H and O–H groups in total. The van der Waals surface area contributed by atoms with E-state index in [1.54, 1.807) is 35.4 Å². The van der Waals surface area contributed by atoms with Crippen molar-refractivity contribution < 1.29 is 14.6 Å². The summed E-state index contributed by atoms with van der Waals surface area (Å²) < 4.78 is 5.14. The maximum atomic E-state index is 11.2. The lowest BCUT2D eigenvalue weighted by atomic mass is 10.2. The van der Waals surface area contributed by atoms with E-state index >= 15 is 0 Å². The second-order valence-corrected chi connectivity index (χ2v) is 5.82. The van der Waals surface area contributed by atoms with Gasteiger partial charge < -0.3 is 9.84 Å². The van der Waals surface area contributed by atoms with Gasteiger partial charge in [-0.2, -0.15) is 0 Å². The van der Waals surface area contributed by atoms with E-state index in [9.17, 15) is 9.90 Å². The van der Waals surface area contributed by atoms with Crippen LogP contribution >= 0.6 is 21.6 Å². The predicted octanol–water partition coefficient (Wildman–Crippen LogP) is 1.31. The van der Waals surface area contributed by atoms with Gasteiger partial charge in [-0.1, -0.05) is 35.4 Å². The van der Waals surface area contributed by atoms with E-state index in [0.717, 1.165) is 0 Å². The quantitative estimate of drug-likeness (QED) is 0.564. The van der Waals surface area contributed by atoms with Crippen LogP contribution in [0.2, 0.25) is 0 Å². The molecule has 1 fully saturated rings. The van der Waals surface area contributed by atoms with E-state index in [4.69, 9.17) is 4.74 Å². The van der Waals surface area contributed by atoms with Crippen LogP contribution in [-0.2, 0) is 9.53 Å². The van der Waals surface area contributed by atoms with E-state index in [1.807, 2.05) is 0 Å². The standard InChI is InChI=1S/C8H14O3S2/c1-5(2)8(10)11-7-4-13-12-3-6(7)9/h5-7,9H,3-4H2,1-2H3/t6-,7-/m0/s1. The Morgan fingerprint density at radius 1 is 1.46 bits per heavy atom. The summed E-state index contributed by atoms with van der Waals surface area (Å²) in [5.74, 6) is 0.980. The normalized spacial score (nSPS) is 28.9. The molecule has 2 atom stereocenters. The van der Waals surface area contributed by atoms with E-state index in [0.29, 0.717) is 11.5 Å². The van der Waals surface area contributed by atoms with Crippen molar-refractivity contribution in [2.45, 2.75) is 26.1 Å². The highest BCUT2D eigenvalue weighted by molar-refractivity contribution is 8.76. The van der Waals surface area contributed by atoms with E-state index in [-0.39, 0.29) is 18.0 Å². The summed E-state index contributed by atoms with van der Waals surface area (Å²) in [6.45, 7) is 3.58. The molecule has 0 aromatic heterocycles. The smallest absolute Gasteiger partial charge is 0.308 e. The van der Waals surface area contributed by atoms with Gasteiger partial charge in [0.15, 0.2) is 0 Å². The van der Waals surface area contributed by atoms with Crippen LogP contribution in [0.3, 0.4) is 0 Å². The molecule has 1 saturated heterocycles. The fourth-order valence-electron chi connectivity index (χ4n) is 0.849. The molecule has 3 nitrogen and oxygen atoms in total. The van der Waals surface area contributed by atoms with Crippen LogP contribution in [-0.4, -0.2) is 34.8 Å². The van der Waals surface area contributed by atoms with E-state index in [2.05, 4.69) is 0 Å². The minimum absolute atomic E-state index is 0.119. The average molecular weight is 222 g/mol. The molecule has 0 saturated carbocycles. The zero-order valence-electron chi connectivity index (χ0n) is 7.73.